The van der Waals surface area contributed by atoms with Crippen molar-refractivity contribution in [3.8, 4) is 5.82 Å². The molecule has 0 aliphatic heterocycles. The molecule has 0 saturated heterocycles. The second-order valence-electron chi connectivity index (χ2n) is 7.81. The fraction of sp³-hybridized carbons (Fsp3) is 0.292. The van der Waals surface area contributed by atoms with E-state index in [1.54, 1.807) is 6.20 Å². The number of amides is 2. The molecule has 0 bridgehead atoms. The number of nitrogens with one attached hydrogen (secondary N) is 2. The molecule has 2 N–H and O–H groups in total. The standard InChI is InChI=1S/C24H26N4O2/c1-16-14-20(17(2)28(16)22-10-6-7-13-25-22)23(29)27-21(24(30)26-19-11-12-19)15-18-8-4-3-5-9-18/h3-10,13-14,19,21H,11-12,15H2,1-2H3,(H,26,30)(H,27,29). The molecule has 2 aromatic heterocycles. The molecule has 1 unspecified atom stereocenters. The third-order valence-electron chi connectivity index (χ3n) is 5.38. The van der Waals surface area contributed by atoms with E-state index in [9.17, 15) is 9.59 Å². The molecule has 2 heterocycles. The largest absolute Gasteiger partial charge is 0.352 e. The Labute approximate surface area is 176 Å². The van der Waals surface area contributed by atoms with Crippen LogP contribution in [0.15, 0.2) is 60.8 Å². The van der Waals surface area contributed by atoms with Crippen LogP contribution in [0.3, 0.4) is 0 Å². The molecule has 6 heteroatoms. The van der Waals surface area contributed by atoms with Crippen molar-refractivity contribution in [3.05, 3.63) is 83.3 Å². The van der Waals surface area contributed by atoms with Crippen molar-refractivity contribution in [3.63, 3.8) is 0 Å². The Bertz CT molecular complexity index is 1040. The maximum Gasteiger partial charge on any atom is 0.253 e. The Kier molecular flexibility index (Phi) is 5.65. The highest BCUT2D eigenvalue weighted by Gasteiger charge is 2.29. The van der Waals surface area contributed by atoms with Gasteiger partial charge in [0.1, 0.15) is 11.9 Å². The number of carbonyl (C=O) groups excluding carboxylic acids is 2. The second-order valence-corrected chi connectivity index (χ2v) is 7.81. The topological polar surface area (TPSA) is 76.0 Å². The first-order valence-electron chi connectivity index (χ1n) is 10.3. The van der Waals surface area contributed by atoms with E-state index < -0.39 is 6.04 Å². The average Bonchev–Trinajstić information content (AvgIpc) is 3.51. The zero-order valence-electron chi connectivity index (χ0n) is 17.3. The van der Waals surface area contributed by atoms with E-state index in [1.165, 1.54) is 0 Å². The van der Waals surface area contributed by atoms with Gasteiger partial charge in [0.2, 0.25) is 5.91 Å². The molecule has 1 aromatic carbocycles. The molecule has 4 rings (SSSR count). The predicted octanol–water partition coefficient (Wildman–Crippen LogP) is 3.11. The molecule has 6 nitrogen and oxygen atoms in total. The second kappa shape index (κ2) is 8.53. The van der Waals surface area contributed by atoms with Gasteiger partial charge in [-0.1, -0.05) is 36.4 Å². The van der Waals surface area contributed by atoms with E-state index in [0.717, 1.165) is 35.6 Å². The van der Waals surface area contributed by atoms with Crippen molar-refractivity contribution in [2.24, 2.45) is 0 Å². The van der Waals surface area contributed by atoms with Crippen LogP contribution in [0, 0.1) is 13.8 Å². The van der Waals surface area contributed by atoms with E-state index in [0.29, 0.717) is 12.0 Å². The van der Waals surface area contributed by atoms with Crippen molar-refractivity contribution in [2.75, 3.05) is 0 Å². The zero-order valence-corrected chi connectivity index (χ0v) is 17.3. The third-order valence-corrected chi connectivity index (χ3v) is 5.38. The van der Waals surface area contributed by atoms with Crippen LogP contribution in [-0.4, -0.2) is 33.4 Å². The van der Waals surface area contributed by atoms with E-state index in [4.69, 9.17) is 0 Å². The molecule has 154 valence electrons. The Morgan fingerprint density at radius 3 is 2.50 bits per heavy atom. The number of hydrogen-bond donors (Lipinski definition) is 2. The summed E-state index contributed by atoms with van der Waals surface area (Å²) >= 11 is 0. The number of rotatable bonds is 7. The average molecular weight is 402 g/mol. The molecule has 0 spiro atoms. The molecular formula is C24H26N4O2. The summed E-state index contributed by atoms with van der Waals surface area (Å²) in [5.74, 6) is 0.379. The van der Waals surface area contributed by atoms with E-state index >= 15 is 0 Å². The molecule has 0 radical (unpaired) electrons. The van der Waals surface area contributed by atoms with Gasteiger partial charge in [-0.05, 0) is 50.5 Å². The molecule has 3 aromatic rings. The minimum atomic E-state index is -0.626. The van der Waals surface area contributed by atoms with Gasteiger partial charge in [-0.3, -0.25) is 9.59 Å². The van der Waals surface area contributed by atoms with Crippen molar-refractivity contribution in [1.82, 2.24) is 20.2 Å². The Morgan fingerprint density at radius 2 is 1.83 bits per heavy atom. The minimum Gasteiger partial charge on any atom is -0.352 e. The molecule has 30 heavy (non-hydrogen) atoms. The summed E-state index contributed by atoms with van der Waals surface area (Å²) in [6, 6.07) is 16.9. The predicted molar refractivity (Wildman–Crippen MR) is 116 cm³/mol. The SMILES string of the molecule is Cc1cc(C(=O)NC(Cc2ccccc2)C(=O)NC2CC2)c(C)n1-c1ccccn1. The smallest absolute Gasteiger partial charge is 0.253 e. The maximum absolute atomic E-state index is 13.1. The van der Waals surface area contributed by atoms with Gasteiger partial charge in [0.15, 0.2) is 0 Å². The monoisotopic (exact) mass is 402 g/mol. The van der Waals surface area contributed by atoms with Crippen LogP contribution >= 0.6 is 0 Å². The summed E-state index contributed by atoms with van der Waals surface area (Å²) in [6.07, 6.45) is 4.18. The first-order chi connectivity index (χ1) is 14.5. The summed E-state index contributed by atoms with van der Waals surface area (Å²) in [5, 5.41) is 5.98. The van der Waals surface area contributed by atoms with Crippen LogP contribution in [0.4, 0.5) is 0 Å². The fourth-order valence-electron chi connectivity index (χ4n) is 3.66. The third kappa shape index (κ3) is 4.43. The number of hydrogen-bond acceptors (Lipinski definition) is 3. The fourth-order valence-corrected chi connectivity index (χ4v) is 3.66. The molecule has 1 fully saturated rings. The molecule has 1 aliphatic rings. The van der Waals surface area contributed by atoms with Gasteiger partial charge in [-0.2, -0.15) is 0 Å². The molecular weight excluding hydrogens is 376 g/mol. The van der Waals surface area contributed by atoms with E-state index in [-0.39, 0.29) is 17.9 Å². The Balaban J connectivity index is 1.57. The number of benzene rings is 1. The van der Waals surface area contributed by atoms with Crippen LogP contribution in [0.2, 0.25) is 0 Å². The van der Waals surface area contributed by atoms with Crippen LogP contribution in [-0.2, 0) is 11.2 Å². The van der Waals surface area contributed by atoms with Crippen LogP contribution in [0.1, 0.15) is 40.2 Å². The number of pyridine rings is 1. The lowest BCUT2D eigenvalue weighted by molar-refractivity contribution is -0.123. The zero-order chi connectivity index (χ0) is 21.1. The minimum absolute atomic E-state index is 0.131. The van der Waals surface area contributed by atoms with E-state index in [2.05, 4.69) is 15.6 Å². The van der Waals surface area contributed by atoms with Crippen LogP contribution in [0.5, 0.6) is 0 Å². The number of aryl methyl sites for hydroxylation is 1. The quantitative estimate of drug-likeness (QED) is 0.638. The Hall–Kier alpha value is -3.41. The van der Waals surface area contributed by atoms with Gasteiger partial charge in [0, 0.05) is 30.0 Å². The lowest BCUT2D eigenvalue weighted by Crippen LogP contribution is -2.48. The maximum atomic E-state index is 13.1. The van der Waals surface area contributed by atoms with Crippen molar-refractivity contribution in [2.45, 2.75) is 45.2 Å². The summed E-state index contributed by atoms with van der Waals surface area (Å²) in [7, 11) is 0. The van der Waals surface area contributed by atoms with Crippen molar-refractivity contribution < 1.29 is 9.59 Å². The summed E-state index contributed by atoms with van der Waals surface area (Å²) < 4.78 is 1.95. The Morgan fingerprint density at radius 1 is 1.10 bits per heavy atom. The van der Waals surface area contributed by atoms with Crippen molar-refractivity contribution >= 4 is 11.8 Å². The van der Waals surface area contributed by atoms with Gasteiger partial charge in [-0.25, -0.2) is 4.98 Å². The molecule has 1 atom stereocenters. The van der Waals surface area contributed by atoms with Crippen molar-refractivity contribution in [1.29, 1.82) is 0 Å². The summed E-state index contributed by atoms with van der Waals surface area (Å²) in [6.45, 7) is 3.84. The normalized spacial score (nSPS) is 14.2. The number of carbonyl (C=O) groups is 2. The first-order valence-corrected chi connectivity index (χ1v) is 10.3. The van der Waals surface area contributed by atoms with E-state index in [1.807, 2.05) is 73.0 Å². The molecule has 1 aliphatic carbocycles. The first kappa shape index (κ1) is 19.9. The van der Waals surface area contributed by atoms with Gasteiger partial charge in [0.25, 0.3) is 5.91 Å². The highest BCUT2D eigenvalue weighted by molar-refractivity contribution is 5.99. The summed E-state index contributed by atoms with van der Waals surface area (Å²) in [5.41, 5.74) is 3.27. The van der Waals surface area contributed by atoms with Gasteiger partial charge < -0.3 is 15.2 Å². The lowest BCUT2D eigenvalue weighted by atomic mass is 10.0. The highest BCUT2D eigenvalue weighted by atomic mass is 16.2. The molecule has 1 saturated carbocycles. The van der Waals surface area contributed by atoms with Gasteiger partial charge in [0.05, 0.1) is 5.56 Å². The van der Waals surface area contributed by atoms with Crippen LogP contribution < -0.4 is 10.6 Å². The lowest BCUT2D eigenvalue weighted by Gasteiger charge is -2.19. The number of nitrogens with zero attached hydrogens (tertiary/aromatic N) is 2. The van der Waals surface area contributed by atoms with Crippen LogP contribution in [0.25, 0.3) is 5.82 Å². The van der Waals surface area contributed by atoms with Gasteiger partial charge >= 0.3 is 0 Å². The molecule has 2 amide bonds. The highest BCUT2D eigenvalue weighted by Crippen LogP contribution is 2.21. The summed E-state index contributed by atoms with van der Waals surface area (Å²) in [4.78, 5) is 30.3. The van der Waals surface area contributed by atoms with Gasteiger partial charge in [-0.15, -0.1) is 0 Å². The number of aromatic nitrogens is 2.